The highest BCUT2D eigenvalue weighted by Crippen LogP contribution is 2.15. The number of nitrogens with one attached hydrogen (secondary N) is 1. The van der Waals surface area contributed by atoms with Gasteiger partial charge in [-0.25, -0.2) is 4.79 Å². The molecule has 0 saturated carbocycles. The number of fused-ring (bicyclic) bond motifs is 1. The van der Waals surface area contributed by atoms with E-state index in [0.29, 0.717) is 6.54 Å². The Morgan fingerprint density at radius 3 is 3.00 bits per heavy atom. The number of nitrogens with zero attached hydrogens (tertiary/aromatic N) is 2. The predicted octanol–water partition coefficient (Wildman–Crippen LogP) is 2.50. The predicted molar refractivity (Wildman–Crippen MR) is 66.3 cm³/mol. The molecule has 1 aromatic heterocycles. The number of aromatic nitrogens is 1. The van der Waals surface area contributed by atoms with Gasteiger partial charge in [-0.2, -0.15) is 10.1 Å². The van der Waals surface area contributed by atoms with Crippen LogP contribution in [0.15, 0.2) is 35.6 Å². The van der Waals surface area contributed by atoms with Crippen molar-refractivity contribution in [2.75, 3.05) is 6.54 Å². The first-order valence-electron chi connectivity index (χ1n) is 5.33. The minimum absolute atomic E-state index is 0.328. The summed E-state index contributed by atoms with van der Waals surface area (Å²) in [6.45, 7) is 2.06. The van der Waals surface area contributed by atoms with E-state index in [9.17, 15) is 4.79 Å². The molecule has 0 fully saturated rings. The molecule has 2 rings (SSSR count). The molecule has 0 aliphatic heterocycles. The van der Waals surface area contributed by atoms with Crippen molar-refractivity contribution in [2.45, 2.75) is 6.92 Å². The Morgan fingerprint density at radius 1 is 1.53 bits per heavy atom. The number of H-pyrrole nitrogens is 1. The van der Waals surface area contributed by atoms with Gasteiger partial charge in [-0.05, 0) is 13.0 Å². The summed E-state index contributed by atoms with van der Waals surface area (Å²) in [5, 5.41) is 14.8. The van der Waals surface area contributed by atoms with Crippen molar-refractivity contribution >= 4 is 23.2 Å². The molecule has 0 saturated heterocycles. The minimum Gasteiger partial charge on any atom is -0.464 e. The lowest BCUT2D eigenvalue weighted by Crippen LogP contribution is -2.23. The van der Waals surface area contributed by atoms with Crippen LogP contribution in [0.3, 0.4) is 0 Å². The number of para-hydroxylation sites is 1. The van der Waals surface area contributed by atoms with Crippen LogP contribution >= 0.6 is 0 Å². The number of carboxylic acid groups (broad SMARTS) is 1. The van der Waals surface area contributed by atoms with E-state index >= 15 is 0 Å². The molecule has 1 aromatic carbocycles. The first kappa shape index (κ1) is 11.2. The van der Waals surface area contributed by atoms with Gasteiger partial charge in [0.1, 0.15) is 0 Å². The summed E-state index contributed by atoms with van der Waals surface area (Å²) < 4.78 is 0. The van der Waals surface area contributed by atoms with E-state index in [-0.39, 0.29) is 0 Å². The maximum atomic E-state index is 10.8. The smallest absolute Gasteiger partial charge is 0.427 e. The summed E-state index contributed by atoms with van der Waals surface area (Å²) in [4.78, 5) is 13.9. The molecule has 0 aliphatic rings. The monoisotopic (exact) mass is 231 g/mol. The molecule has 5 nitrogen and oxygen atoms in total. The average molecular weight is 231 g/mol. The second-order valence-corrected chi connectivity index (χ2v) is 3.53. The summed E-state index contributed by atoms with van der Waals surface area (Å²) in [7, 11) is 0. The van der Waals surface area contributed by atoms with Gasteiger partial charge < -0.3 is 10.1 Å². The van der Waals surface area contributed by atoms with Crippen LogP contribution in [-0.4, -0.2) is 34.0 Å². The fourth-order valence-corrected chi connectivity index (χ4v) is 1.60. The molecule has 2 N–H and O–H groups in total. The Kier molecular flexibility index (Phi) is 3.09. The Morgan fingerprint density at radius 2 is 2.29 bits per heavy atom. The third kappa shape index (κ3) is 2.28. The van der Waals surface area contributed by atoms with Gasteiger partial charge in [-0.3, -0.25) is 0 Å². The Labute approximate surface area is 98.4 Å². The Hall–Kier alpha value is -2.30. The highest BCUT2D eigenvalue weighted by Gasteiger charge is 2.06. The summed E-state index contributed by atoms with van der Waals surface area (Å²) >= 11 is 0. The average Bonchev–Trinajstić information content (AvgIpc) is 2.73. The summed E-state index contributed by atoms with van der Waals surface area (Å²) in [5.74, 6) is 0. The van der Waals surface area contributed by atoms with E-state index in [1.54, 1.807) is 13.1 Å². The number of benzene rings is 1. The van der Waals surface area contributed by atoms with E-state index in [4.69, 9.17) is 5.11 Å². The van der Waals surface area contributed by atoms with Crippen LogP contribution in [-0.2, 0) is 0 Å². The van der Waals surface area contributed by atoms with Crippen molar-refractivity contribution in [1.29, 1.82) is 0 Å². The van der Waals surface area contributed by atoms with Gasteiger partial charge in [-0.1, -0.05) is 18.2 Å². The largest absolute Gasteiger partial charge is 0.464 e. The highest BCUT2D eigenvalue weighted by molar-refractivity contribution is 5.99. The SMILES string of the molecule is CCN(/N=C\c1c[nH]c2ccccc12)C(=O)O. The molecule has 0 unspecified atom stereocenters. The molecule has 1 heterocycles. The number of aromatic amines is 1. The van der Waals surface area contributed by atoms with Gasteiger partial charge in [0.05, 0.1) is 6.21 Å². The van der Waals surface area contributed by atoms with Crippen molar-refractivity contribution in [2.24, 2.45) is 5.10 Å². The zero-order valence-corrected chi connectivity index (χ0v) is 9.42. The fraction of sp³-hybridized carbons (Fsp3) is 0.167. The summed E-state index contributed by atoms with van der Waals surface area (Å²) in [6.07, 6.45) is 2.31. The van der Waals surface area contributed by atoms with E-state index in [0.717, 1.165) is 21.5 Å². The number of carbonyl (C=O) groups is 1. The molecule has 0 aliphatic carbocycles. The zero-order valence-electron chi connectivity index (χ0n) is 9.42. The Balaban J connectivity index is 2.29. The topological polar surface area (TPSA) is 68.7 Å². The third-order valence-corrected chi connectivity index (χ3v) is 2.48. The van der Waals surface area contributed by atoms with Crippen LogP contribution in [0, 0.1) is 0 Å². The zero-order chi connectivity index (χ0) is 12.3. The molecule has 17 heavy (non-hydrogen) atoms. The normalized spacial score (nSPS) is 11.1. The molecule has 2 aromatic rings. The maximum Gasteiger partial charge on any atom is 0.427 e. The van der Waals surface area contributed by atoms with E-state index in [1.807, 2.05) is 30.5 Å². The first-order chi connectivity index (χ1) is 8.22. The van der Waals surface area contributed by atoms with Crippen molar-refractivity contribution in [3.05, 3.63) is 36.0 Å². The molecular weight excluding hydrogens is 218 g/mol. The van der Waals surface area contributed by atoms with Gasteiger partial charge in [0, 0.05) is 29.2 Å². The van der Waals surface area contributed by atoms with Gasteiger partial charge >= 0.3 is 6.09 Å². The minimum atomic E-state index is -1.05. The molecule has 0 radical (unpaired) electrons. The summed E-state index contributed by atoms with van der Waals surface area (Å²) in [6, 6.07) is 7.79. The Bertz CT molecular complexity index is 560. The molecule has 1 amide bonds. The number of hydrogen-bond acceptors (Lipinski definition) is 2. The van der Waals surface area contributed by atoms with Gasteiger partial charge in [0.25, 0.3) is 0 Å². The standard InChI is InChI=1S/C12H13N3O2/c1-2-15(12(16)17)14-8-9-7-13-11-6-4-3-5-10(9)11/h3-8,13H,2H2,1H3,(H,16,17)/b14-8-. The second-order valence-electron chi connectivity index (χ2n) is 3.53. The van der Waals surface area contributed by atoms with Gasteiger partial charge in [-0.15, -0.1) is 0 Å². The number of amides is 1. The van der Waals surface area contributed by atoms with E-state index in [1.165, 1.54) is 0 Å². The highest BCUT2D eigenvalue weighted by atomic mass is 16.4. The number of hydrazone groups is 1. The summed E-state index contributed by atoms with van der Waals surface area (Å²) in [5.41, 5.74) is 1.88. The van der Waals surface area contributed by atoms with Crippen molar-refractivity contribution in [3.63, 3.8) is 0 Å². The quantitative estimate of drug-likeness (QED) is 0.629. The molecule has 5 heteroatoms. The lowest BCUT2D eigenvalue weighted by molar-refractivity contribution is 0.150. The van der Waals surface area contributed by atoms with E-state index < -0.39 is 6.09 Å². The molecule has 0 spiro atoms. The molecular formula is C12H13N3O2. The number of hydrogen-bond donors (Lipinski definition) is 2. The van der Waals surface area contributed by atoms with Crippen molar-refractivity contribution < 1.29 is 9.90 Å². The van der Waals surface area contributed by atoms with Crippen LogP contribution in [0.4, 0.5) is 4.79 Å². The lowest BCUT2D eigenvalue weighted by Gasteiger charge is -2.08. The van der Waals surface area contributed by atoms with Gasteiger partial charge in [0.15, 0.2) is 0 Å². The third-order valence-electron chi connectivity index (χ3n) is 2.48. The van der Waals surface area contributed by atoms with E-state index in [2.05, 4.69) is 10.1 Å². The van der Waals surface area contributed by atoms with Crippen LogP contribution in [0.25, 0.3) is 10.9 Å². The number of rotatable bonds is 3. The fourth-order valence-electron chi connectivity index (χ4n) is 1.60. The molecule has 88 valence electrons. The van der Waals surface area contributed by atoms with Crippen LogP contribution in [0.2, 0.25) is 0 Å². The van der Waals surface area contributed by atoms with Crippen molar-refractivity contribution in [1.82, 2.24) is 9.99 Å². The maximum absolute atomic E-state index is 10.8. The molecule has 0 atom stereocenters. The molecule has 0 bridgehead atoms. The lowest BCUT2D eigenvalue weighted by atomic mass is 10.2. The second kappa shape index (κ2) is 4.69. The van der Waals surface area contributed by atoms with Crippen LogP contribution < -0.4 is 0 Å². The van der Waals surface area contributed by atoms with Crippen LogP contribution in [0.5, 0.6) is 0 Å². The van der Waals surface area contributed by atoms with Crippen molar-refractivity contribution in [3.8, 4) is 0 Å². The first-order valence-corrected chi connectivity index (χ1v) is 5.33. The van der Waals surface area contributed by atoms with Gasteiger partial charge in [0.2, 0.25) is 0 Å². The van der Waals surface area contributed by atoms with Crippen LogP contribution in [0.1, 0.15) is 12.5 Å².